The van der Waals surface area contributed by atoms with E-state index in [4.69, 9.17) is 18.7 Å². The van der Waals surface area contributed by atoms with Crippen LogP contribution in [-0.2, 0) is 0 Å². The molecule has 2 heterocycles. The quantitative estimate of drug-likeness (QED) is 0.547. The van der Waals surface area contributed by atoms with E-state index in [0.717, 1.165) is 0 Å². The number of thioether (sulfide) groups is 1. The monoisotopic (exact) mass is 457 g/mol. The first-order chi connectivity index (χ1) is 15.5. The van der Waals surface area contributed by atoms with Crippen LogP contribution in [0.15, 0.2) is 46.0 Å². The van der Waals surface area contributed by atoms with Gasteiger partial charge < -0.3 is 23.6 Å². The average Bonchev–Trinajstić information content (AvgIpc) is 3.47. The van der Waals surface area contributed by atoms with Crippen LogP contribution in [0.2, 0.25) is 0 Å². The summed E-state index contributed by atoms with van der Waals surface area (Å²) >= 11 is 1.48. The molecule has 10 heteroatoms. The van der Waals surface area contributed by atoms with Gasteiger partial charge in [0.1, 0.15) is 5.82 Å². The highest BCUT2D eigenvalue weighted by molar-refractivity contribution is 8.03. The fourth-order valence-corrected chi connectivity index (χ4v) is 4.26. The minimum atomic E-state index is -0.443. The fourth-order valence-electron chi connectivity index (χ4n) is 3.26. The van der Waals surface area contributed by atoms with E-state index in [9.17, 15) is 9.18 Å². The number of hydrogen-bond donors (Lipinski definition) is 0. The molecule has 0 unspecified atom stereocenters. The summed E-state index contributed by atoms with van der Waals surface area (Å²) in [5, 5.41) is 4.50. The molecule has 0 radical (unpaired) electrons. The summed E-state index contributed by atoms with van der Waals surface area (Å²) < 4.78 is 35.3. The summed E-state index contributed by atoms with van der Waals surface area (Å²) in [6.45, 7) is 0.500. The summed E-state index contributed by atoms with van der Waals surface area (Å²) in [6.07, 6.45) is 1.62. The Kier molecular flexibility index (Phi) is 6.31. The first-order valence-corrected chi connectivity index (χ1v) is 10.6. The average molecular weight is 457 g/mol. The Hall–Kier alpha value is -3.53. The van der Waals surface area contributed by atoms with Crippen molar-refractivity contribution in [3.63, 3.8) is 0 Å². The molecule has 0 spiro atoms. The lowest BCUT2D eigenvalue weighted by Crippen LogP contribution is -2.26. The second-order valence-electron chi connectivity index (χ2n) is 6.64. The Morgan fingerprint density at radius 1 is 1.16 bits per heavy atom. The third kappa shape index (κ3) is 4.13. The molecule has 0 atom stereocenters. The molecular weight excluding hydrogens is 437 g/mol. The summed E-state index contributed by atoms with van der Waals surface area (Å²) in [5.74, 6) is 1.52. The van der Waals surface area contributed by atoms with Gasteiger partial charge in [0, 0.05) is 23.9 Å². The van der Waals surface area contributed by atoms with Gasteiger partial charge in [0.25, 0.3) is 11.8 Å². The molecule has 3 aromatic rings. The van der Waals surface area contributed by atoms with Crippen LogP contribution in [0.1, 0.15) is 16.2 Å². The number of nitrogens with zero attached hydrogens (tertiary/aromatic N) is 3. The summed E-state index contributed by atoms with van der Waals surface area (Å²) in [5.41, 5.74) is 0.621. The molecule has 1 fully saturated rings. The molecule has 1 aliphatic rings. The van der Waals surface area contributed by atoms with Crippen molar-refractivity contribution >= 4 is 23.7 Å². The van der Waals surface area contributed by atoms with E-state index in [-0.39, 0.29) is 23.2 Å². The number of rotatable bonds is 6. The van der Waals surface area contributed by atoms with Crippen molar-refractivity contribution in [2.75, 3.05) is 33.6 Å². The molecular formula is C22H20FN3O5S. The van der Waals surface area contributed by atoms with Gasteiger partial charge in [-0.05, 0) is 24.3 Å². The molecule has 0 N–H and O–H groups in total. The van der Waals surface area contributed by atoms with Gasteiger partial charge in [-0.15, -0.1) is 11.8 Å². The van der Waals surface area contributed by atoms with Gasteiger partial charge in [0.2, 0.25) is 11.6 Å². The number of halogens is 1. The molecule has 0 aliphatic carbocycles. The van der Waals surface area contributed by atoms with E-state index in [1.54, 1.807) is 41.3 Å². The van der Waals surface area contributed by atoms with E-state index >= 15 is 0 Å². The first-order valence-electron chi connectivity index (χ1n) is 9.60. The lowest BCUT2D eigenvalue weighted by molar-refractivity contribution is 0.0830. The zero-order valence-corrected chi connectivity index (χ0v) is 18.4. The third-order valence-electron chi connectivity index (χ3n) is 4.79. The Morgan fingerprint density at radius 3 is 2.53 bits per heavy atom. The van der Waals surface area contributed by atoms with Crippen molar-refractivity contribution in [2.24, 2.45) is 0 Å². The van der Waals surface area contributed by atoms with Gasteiger partial charge >= 0.3 is 0 Å². The lowest BCUT2D eigenvalue weighted by Gasteiger charge is -2.19. The predicted molar refractivity (Wildman–Crippen MR) is 117 cm³/mol. The Balaban J connectivity index is 1.63. The van der Waals surface area contributed by atoms with Crippen molar-refractivity contribution in [1.29, 1.82) is 0 Å². The third-order valence-corrected chi connectivity index (χ3v) is 5.81. The number of aromatic nitrogens is 2. The Bertz CT molecular complexity index is 1150. The van der Waals surface area contributed by atoms with E-state index < -0.39 is 5.82 Å². The zero-order valence-electron chi connectivity index (χ0n) is 17.6. The smallest absolute Gasteiger partial charge is 0.258 e. The maximum absolute atomic E-state index is 14.0. The number of carbonyl (C=O) groups is 1. The van der Waals surface area contributed by atoms with Crippen molar-refractivity contribution in [3.8, 4) is 28.6 Å². The second kappa shape index (κ2) is 9.31. The highest BCUT2D eigenvalue weighted by Gasteiger charge is 2.28. The van der Waals surface area contributed by atoms with Crippen LogP contribution < -0.4 is 14.2 Å². The summed E-state index contributed by atoms with van der Waals surface area (Å²) in [7, 11) is 4.48. The van der Waals surface area contributed by atoms with Crippen LogP contribution in [-0.4, -0.2) is 54.6 Å². The molecule has 32 heavy (non-hydrogen) atoms. The molecule has 2 aromatic carbocycles. The highest BCUT2D eigenvalue weighted by atomic mass is 32.2. The van der Waals surface area contributed by atoms with Gasteiger partial charge in [-0.1, -0.05) is 17.3 Å². The normalized spacial score (nSPS) is 14.6. The second-order valence-corrected chi connectivity index (χ2v) is 7.75. The number of benzene rings is 2. The predicted octanol–water partition coefficient (Wildman–Crippen LogP) is 4.09. The molecule has 0 bridgehead atoms. The standard InChI is InChI=1S/C22H20FN3O5S/c1-28-16-10-13(11-17(29-2)20(16)30-3)22(27)26-8-9-32-19(26)12-18-24-21(25-31-18)14-6-4-5-7-15(14)23/h4-7,10-12H,8-9H2,1-3H3/b19-12+. The maximum Gasteiger partial charge on any atom is 0.258 e. The molecule has 166 valence electrons. The van der Waals surface area contributed by atoms with E-state index in [0.29, 0.717) is 40.1 Å². The van der Waals surface area contributed by atoms with Crippen molar-refractivity contribution in [3.05, 3.63) is 58.7 Å². The SMILES string of the molecule is COc1cc(C(=O)N2CCS/C2=C/c2nc(-c3ccccc3F)no2)cc(OC)c1OC. The van der Waals surface area contributed by atoms with Crippen molar-refractivity contribution in [2.45, 2.75) is 0 Å². The van der Waals surface area contributed by atoms with E-state index in [1.165, 1.54) is 39.2 Å². The molecule has 8 nitrogen and oxygen atoms in total. The van der Waals surface area contributed by atoms with Crippen LogP contribution in [0.25, 0.3) is 17.5 Å². The zero-order chi connectivity index (χ0) is 22.7. The minimum Gasteiger partial charge on any atom is -0.493 e. The number of methoxy groups -OCH3 is 3. The molecule has 0 saturated carbocycles. The first kappa shape index (κ1) is 21.7. The molecule has 4 rings (SSSR count). The fraction of sp³-hybridized carbons (Fsp3) is 0.227. The van der Waals surface area contributed by atoms with Crippen LogP contribution in [0, 0.1) is 5.82 Å². The maximum atomic E-state index is 14.0. The van der Waals surface area contributed by atoms with Gasteiger partial charge in [-0.3, -0.25) is 4.79 Å². The van der Waals surface area contributed by atoms with Gasteiger partial charge in [-0.2, -0.15) is 4.98 Å². The van der Waals surface area contributed by atoms with Gasteiger partial charge in [0.05, 0.1) is 31.9 Å². The Labute approximate surface area is 188 Å². The van der Waals surface area contributed by atoms with E-state index in [2.05, 4.69) is 10.1 Å². The van der Waals surface area contributed by atoms with Crippen LogP contribution in [0.5, 0.6) is 17.2 Å². The number of carbonyl (C=O) groups excluding carboxylic acids is 1. The van der Waals surface area contributed by atoms with Gasteiger partial charge in [0.15, 0.2) is 11.5 Å². The van der Waals surface area contributed by atoms with Gasteiger partial charge in [-0.25, -0.2) is 4.39 Å². The summed E-state index contributed by atoms with van der Waals surface area (Å²) in [6, 6.07) is 9.39. The topological polar surface area (TPSA) is 86.9 Å². The largest absolute Gasteiger partial charge is 0.493 e. The van der Waals surface area contributed by atoms with Crippen molar-refractivity contribution < 1.29 is 27.9 Å². The number of ether oxygens (including phenoxy) is 3. The minimum absolute atomic E-state index is 0.139. The van der Waals surface area contributed by atoms with E-state index in [1.807, 2.05) is 0 Å². The summed E-state index contributed by atoms with van der Waals surface area (Å²) in [4.78, 5) is 19.1. The van der Waals surface area contributed by atoms with Crippen LogP contribution in [0.4, 0.5) is 4.39 Å². The molecule has 1 aromatic heterocycles. The molecule has 1 amide bonds. The van der Waals surface area contributed by atoms with Crippen molar-refractivity contribution in [1.82, 2.24) is 15.0 Å². The number of amides is 1. The lowest BCUT2D eigenvalue weighted by atomic mass is 10.1. The molecule has 1 saturated heterocycles. The Morgan fingerprint density at radius 2 is 1.88 bits per heavy atom. The number of hydrogen-bond acceptors (Lipinski definition) is 8. The highest BCUT2D eigenvalue weighted by Crippen LogP contribution is 2.39. The van der Waals surface area contributed by atoms with Crippen LogP contribution in [0.3, 0.4) is 0 Å². The van der Waals surface area contributed by atoms with Crippen LogP contribution >= 0.6 is 11.8 Å². The molecule has 1 aliphatic heterocycles.